The van der Waals surface area contributed by atoms with Gasteiger partial charge in [0.1, 0.15) is 11.2 Å². The zero-order valence-electron chi connectivity index (χ0n) is 21.6. The highest BCUT2D eigenvalue weighted by atomic mass is 16.3. The standard InChI is InChI=1S/C37H28O/c1-24(2)25-16-18-26(19-17-25)27-20-22-29(23-21-27)31-11-6-14-34-35-15-7-13-33(37(35)38-36(31)34)32-12-5-9-28-8-3-4-10-30(28)32/h3-24H,1-2H3. The highest BCUT2D eigenvalue weighted by molar-refractivity contribution is 6.14. The lowest BCUT2D eigenvalue weighted by Crippen LogP contribution is -1.87. The summed E-state index contributed by atoms with van der Waals surface area (Å²) in [5.74, 6) is 0.539. The van der Waals surface area contributed by atoms with Gasteiger partial charge in [-0.25, -0.2) is 0 Å². The minimum Gasteiger partial charge on any atom is -0.455 e. The molecule has 0 aliphatic rings. The van der Waals surface area contributed by atoms with E-state index < -0.39 is 0 Å². The van der Waals surface area contributed by atoms with Crippen molar-refractivity contribution < 1.29 is 4.42 Å². The zero-order chi connectivity index (χ0) is 25.6. The Hall–Kier alpha value is -4.62. The molecule has 0 saturated carbocycles. The molecular weight excluding hydrogens is 460 g/mol. The first-order chi connectivity index (χ1) is 18.7. The molecule has 6 aromatic carbocycles. The molecule has 182 valence electrons. The number of rotatable bonds is 4. The summed E-state index contributed by atoms with van der Waals surface area (Å²) in [6, 6.07) is 45.7. The third kappa shape index (κ3) is 3.71. The van der Waals surface area contributed by atoms with Crippen LogP contribution in [0.2, 0.25) is 0 Å². The average molecular weight is 489 g/mol. The fourth-order valence-corrected chi connectivity index (χ4v) is 5.62. The molecule has 0 spiro atoms. The number of para-hydroxylation sites is 2. The van der Waals surface area contributed by atoms with E-state index in [1.807, 2.05) is 0 Å². The predicted molar refractivity (Wildman–Crippen MR) is 162 cm³/mol. The van der Waals surface area contributed by atoms with Crippen LogP contribution in [0.3, 0.4) is 0 Å². The summed E-state index contributed by atoms with van der Waals surface area (Å²) in [5.41, 5.74) is 10.3. The van der Waals surface area contributed by atoms with E-state index in [0.29, 0.717) is 5.92 Å². The van der Waals surface area contributed by atoms with E-state index in [-0.39, 0.29) is 0 Å². The molecule has 1 heteroatoms. The molecule has 0 saturated heterocycles. The summed E-state index contributed by atoms with van der Waals surface area (Å²) in [6.07, 6.45) is 0. The molecule has 38 heavy (non-hydrogen) atoms. The summed E-state index contributed by atoms with van der Waals surface area (Å²) in [7, 11) is 0. The third-order valence-corrected chi connectivity index (χ3v) is 7.71. The molecule has 0 radical (unpaired) electrons. The normalized spacial score (nSPS) is 11.7. The van der Waals surface area contributed by atoms with Gasteiger partial charge in [0.25, 0.3) is 0 Å². The molecule has 0 atom stereocenters. The van der Waals surface area contributed by atoms with E-state index in [1.165, 1.54) is 33.0 Å². The van der Waals surface area contributed by atoms with Crippen LogP contribution in [0.15, 0.2) is 132 Å². The quantitative estimate of drug-likeness (QED) is 0.240. The molecule has 7 aromatic rings. The van der Waals surface area contributed by atoms with Crippen molar-refractivity contribution in [1.82, 2.24) is 0 Å². The lowest BCUT2D eigenvalue weighted by Gasteiger charge is -2.08. The molecule has 0 aliphatic carbocycles. The topological polar surface area (TPSA) is 13.1 Å². The van der Waals surface area contributed by atoms with Gasteiger partial charge >= 0.3 is 0 Å². The second-order valence-corrected chi connectivity index (χ2v) is 10.3. The highest BCUT2D eigenvalue weighted by Gasteiger charge is 2.16. The smallest absolute Gasteiger partial charge is 0.143 e. The largest absolute Gasteiger partial charge is 0.455 e. The number of hydrogen-bond acceptors (Lipinski definition) is 1. The summed E-state index contributed by atoms with van der Waals surface area (Å²) in [4.78, 5) is 0. The SMILES string of the molecule is CC(C)c1ccc(-c2ccc(-c3cccc4c3oc3c(-c5cccc6ccccc56)cccc34)cc2)cc1. The second kappa shape index (κ2) is 9.04. The maximum Gasteiger partial charge on any atom is 0.143 e. The highest BCUT2D eigenvalue weighted by Crippen LogP contribution is 2.41. The molecule has 1 nitrogen and oxygen atoms in total. The van der Waals surface area contributed by atoms with Crippen LogP contribution in [-0.4, -0.2) is 0 Å². The van der Waals surface area contributed by atoms with Gasteiger partial charge in [0.2, 0.25) is 0 Å². The van der Waals surface area contributed by atoms with Crippen molar-refractivity contribution >= 4 is 32.7 Å². The number of benzene rings is 6. The minimum absolute atomic E-state index is 0.539. The van der Waals surface area contributed by atoms with Gasteiger partial charge in [-0.1, -0.05) is 141 Å². The summed E-state index contributed by atoms with van der Waals surface area (Å²) >= 11 is 0. The molecule has 7 rings (SSSR count). The predicted octanol–water partition coefficient (Wildman–Crippen LogP) is 10.9. The van der Waals surface area contributed by atoms with E-state index in [2.05, 4.69) is 141 Å². The number of fused-ring (bicyclic) bond motifs is 4. The molecule has 0 fully saturated rings. The first-order valence-electron chi connectivity index (χ1n) is 13.3. The zero-order valence-corrected chi connectivity index (χ0v) is 21.6. The average Bonchev–Trinajstić information content (AvgIpc) is 3.36. The summed E-state index contributed by atoms with van der Waals surface area (Å²) in [5, 5.41) is 4.76. The molecule has 0 N–H and O–H groups in total. The van der Waals surface area contributed by atoms with Crippen molar-refractivity contribution in [2.75, 3.05) is 0 Å². The minimum atomic E-state index is 0.539. The molecule has 1 aromatic heterocycles. The van der Waals surface area contributed by atoms with Crippen LogP contribution in [0.25, 0.3) is 66.1 Å². The van der Waals surface area contributed by atoms with Gasteiger partial charge in [-0.3, -0.25) is 0 Å². The van der Waals surface area contributed by atoms with Crippen LogP contribution in [0.1, 0.15) is 25.3 Å². The van der Waals surface area contributed by atoms with Crippen LogP contribution < -0.4 is 0 Å². The van der Waals surface area contributed by atoms with Gasteiger partial charge in [0, 0.05) is 21.9 Å². The first-order valence-corrected chi connectivity index (χ1v) is 13.3. The van der Waals surface area contributed by atoms with Crippen LogP contribution in [0, 0.1) is 0 Å². The fourth-order valence-electron chi connectivity index (χ4n) is 5.62. The van der Waals surface area contributed by atoms with Crippen LogP contribution in [0.4, 0.5) is 0 Å². The van der Waals surface area contributed by atoms with Crippen molar-refractivity contribution in [2.45, 2.75) is 19.8 Å². The molecular formula is C37H28O. The molecule has 0 unspecified atom stereocenters. The summed E-state index contributed by atoms with van der Waals surface area (Å²) in [6.45, 7) is 4.46. The lowest BCUT2D eigenvalue weighted by atomic mass is 9.96. The fraction of sp³-hybridized carbons (Fsp3) is 0.0811. The van der Waals surface area contributed by atoms with E-state index in [9.17, 15) is 0 Å². The Morgan fingerprint density at radius 3 is 1.63 bits per heavy atom. The molecule has 1 heterocycles. The maximum absolute atomic E-state index is 6.72. The van der Waals surface area contributed by atoms with Crippen LogP contribution >= 0.6 is 0 Å². The Balaban J connectivity index is 1.35. The molecule has 0 bridgehead atoms. The van der Waals surface area contributed by atoms with Crippen LogP contribution in [0.5, 0.6) is 0 Å². The summed E-state index contributed by atoms with van der Waals surface area (Å²) < 4.78 is 6.72. The Morgan fingerprint density at radius 2 is 0.921 bits per heavy atom. The van der Waals surface area contributed by atoms with Gasteiger partial charge in [-0.05, 0) is 44.5 Å². The third-order valence-electron chi connectivity index (χ3n) is 7.71. The Labute approximate surface area is 223 Å². The van der Waals surface area contributed by atoms with E-state index in [1.54, 1.807) is 0 Å². The second-order valence-electron chi connectivity index (χ2n) is 10.3. The number of furan rings is 1. The van der Waals surface area contributed by atoms with E-state index in [4.69, 9.17) is 4.42 Å². The van der Waals surface area contributed by atoms with Gasteiger partial charge in [-0.2, -0.15) is 0 Å². The van der Waals surface area contributed by atoms with Crippen LogP contribution in [-0.2, 0) is 0 Å². The van der Waals surface area contributed by atoms with Gasteiger partial charge in [0.15, 0.2) is 0 Å². The van der Waals surface area contributed by atoms with Crippen molar-refractivity contribution in [3.05, 3.63) is 133 Å². The van der Waals surface area contributed by atoms with Gasteiger partial charge in [-0.15, -0.1) is 0 Å². The van der Waals surface area contributed by atoms with Crippen molar-refractivity contribution in [3.63, 3.8) is 0 Å². The Bertz CT molecular complexity index is 1910. The van der Waals surface area contributed by atoms with E-state index >= 15 is 0 Å². The Kier molecular flexibility index (Phi) is 5.37. The van der Waals surface area contributed by atoms with E-state index in [0.717, 1.165) is 38.6 Å². The maximum atomic E-state index is 6.72. The Morgan fingerprint density at radius 1 is 0.421 bits per heavy atom. The van der Waals surface area contributed by atoms with Crippen molar-refractivity contribution in [2.24, 2.45) is 0 Å². The monoisotopic (exact) mass is 488 g/mol. The molecule has 0 aliphatic heterocycles. The lowest BCUT2D eigenvalue weighted by molar-refractivity contribution is 0.671. The number of hydrogen-bond donors (Lipinski definition) is 0. The molecule has 0 amide bonds. The van der Waals surface area contributed by atoms with Crippen molar-refractivity contribution in [3.8, 4) is 33.4 Å². The van der Waals surface area contributed by atoms with Gasteiger partial charge in [0.05, 0.1) is 0 Å². The van der Waals surface area contributed by atoms with Crippen molar-refractivity contribution in [1.29, 1.82) is 0 Å². The first kappa shape index (κ1) is 22.6. The van der Waals surface area contributed by atoms with Gasteiger partial charge < -0.3 is 4.42 Å².